The molecule has 16 heavy (non-hydrogen) atoms. The van der Waals surface area contributed by atoms with Crippen LogP contribution in [0.3, 0.4) is 0 Å². The lowest BCUT2D eigenvalue weighted by atomic mass is 9.88. The van der Waals surface area contributed by atoms with E-state index in [1.54, 1.807) is 6.07 Å². The highest BCUT2D eigenvalue weighted by atomic mass is 32.1. The highest BCUT2D eigenvalue weighted by molar-refractivity contribution is 7.80. The number of rotatable bonds is 2. The van der Waals surface area contributed by atoms with Gasteiger partial charge in [-0.1, -0.05) is 13.3 Å². The van der Waals surface area contributed by atoms with E-state index in [1.807, 2.05) is 5.38 Å². The van der Waals surface area contributed by atoms with E-state index >= 15 is 0 Å². The van der Waals surface area contributed by atoms with Crippen LogP contribution in [0.25, 0.3) is 0 Å². The minimum Gasteiger partial charge on any atom is -0.458 e. The monoisotopic (exact) mass is 256 g/mol. The van der Waals surface area contributed by atoms with Crippen LogP contribution in [0, 0.1) is 5.92 Å². The van der Waals surface area contributed by atoms with Gasteiger partial charge in [-0.15, -0.1) is 24.0 Å². The summed E-state index contributed by atoms with van der Waals surface area (Å²) in [7, 11) is 0. The van der Waals surface area contributed by atoms with Crippen LogP contribution in [0.15, 0.2) is 16.3 Å². The molecule has 2 unspecified atom stereocenters. The number of carbonyl (C=O) groups is 1. The van der Waals surface area contributed by atoms with Crippen molar-refractivity contribution in [3.05, 3.63) is 16.3 Å². The zero-order valence-electron chi connectivity index (χ0n) is 9.31. The molecule has 0 amide bonds. The molecule has 1 aliphatic carbocycles. The minimum absolute atomic E-state index is 0.103. The van der Waals surface area contributed by atoms with Crippen LogP contribution in [0.5, 0.6) is 0 Å². The molecule has 2 nitrogen and oxygen atoms in total. The molecule has 0 N–H and O–H groups in total. The summed E-state index contributed by atoms with van der Waals surface area (Å²) in [4.78, 5) is 13.3. The fourth-order valence-electron chi connectivity index (χ4n) is 2.09. The van der Waals surface area contributed by atoms with Crippen LogP contribution >= 0.6 is 24.0 Å². The van der Waals surface area contributed by atoms with Crippen LogP contribution in [0.1, 0.15) is 42.3 Å². The Morgan fingerprint density at radius 1 is 1.50 bits per heavy atom. The summed E-state index contributed by atoms with van der Waals surface area (Å²) in [5, 5.41) is 1.85. The maximum absolute atomic E-state index is 11.8. The quantitative estimate of drug-likeness (QED) is 0.644. The fraction of sp³-hybridized carbons (Fsp3) is 0.583. The number of thiol groups is 1. The van der Waals surface area contributed by atoms with E-state index in [4.69, 9.17) is 4.74 Å². The molecule has 0 spiro atoms. The third kappa shape index (κ3) is 2.80. The largest absolute Gasteiger partial charge is 0.458 e. The molecule has 0 radical (unpaired) electrons. The van der Waals surface area contributed by atoms with Gasteiger partial charge < -0.3 is 4.74 Å². The van der Waals surface area contributed by atoms with E-state index in [1.165, 1.54) is 30.6 Å². The highest BCUT2D eigenvalue weighted by Gasteiger charge is 2.25. The summed E-state index contributed by atoms with van der Waals surface area (Å²) in [5.41, 5.74) is 0. The van der Waals surface area contributed by atoms with Crippen molar-refractivity contribution in [3.63, 3.8) is 0 Å². The second-order valence-electron chi connectivity index (χ2n) is 4.37. The molecule has 0 bridgehead atoms. The van der Waals surface area contributed by atoms with E-state index < -0.39 is 0 Å². The zero-order valence-corrected chi connectivity index (χ0v) is 11.0. The minimum atomic E-state index is -0.191. The average Bonchev–Trinajstić information content (AvgIpc) is 2.68. The molecule has 1 heterocycles. The summed E-state index contributed by atoms with van der Waals surface area (Å²) in [5.74, 6) is 0.303. The first-order chi connectivity index (χ1) is 7.66. The lowest BCUT2D eigenvalue weighted by Crippen LogP contribution is -2.27. The van der Waals surface area contributed by atoms with Crippen molar-refractivity contribution in [1.82, 2.24) is 0 Å². The molecule has 0 aliphatic heterocycles. The molecule has 1 fully saturated rings. The molecule has 2 atom stereocenters. The normalized spacial score (nSPS) is 25.4. The Kier molecular flexibility index (Phi) is 3.92. The van der Waals surface area contributed by atoms with Crippen LogP contribution < -0.4 is 0 Å². The van der Waals surface area contributed by atoms with Crippen molar-refractivity contribution in [2.24, 2.45) is 5.92 Å². The number of ether oxygens (including phenoxy) is 1. The molecule has 88 valence electrons. The third-order valence-corrected chi connectivity index (χ3v) is 4.42. The van der Waals surface area contributed by atoms with Gasteiger partial charge >= 0.3 is 5.97 Å². The van der Waals surface area contributed by atoms with Crippen LogP contribution in [0.4, 0.5) is 0 Å². The predicted octanol–water partition coefficient (Wildman–Crippen LogP) is 3.77. The van der Waals surface area contributed by atoms with Crippen molar-refractivity contribution in [1.29, 1.82) is 0 Å². The lowest BCUT2D eigenvalue weighted by Gasteiger charge is -2.28. The van der Waals surface area contributed by atoms with Gasteiger partial charge in [0.25, 0.3) is 0 Å². The number of thiophene rings is 1. The predicted molar refractivity (Wildman–Crippen MR) is 68.4 cm³/mol. The van der Waals surface area contributed by atoms with Gasteiger partial charge in [-0.05, 0) is 31.2 Å². The SMILES string of the molecule is CC1CCCCC1OC(=O)c1cc(S)cs1. The first-order valence-electron chi connectivity index (χ1n) is 5.65. The maximum Gasteiger partial charge on any atom is 0.348 e. The van der Waals surface area contributed by atoms with E-state index in [0.717, 1.165) is 11.3 Å². The van der Waals surface area contributed by atoms with Gasteiger partial charge in [-0.2, -0.15) is 0 Å². The molecule has 4 heteroatoms. The molecular weight excluding hydrogens is 240 g/mol. The van der Waals surface area contributed by atoms with Crippen molar-refractivity contribution in [3.8, 4) is 0 Å². The smallest absolute Gasteiger partial charge is 0.348 e. The Hall–Kier alpha value is -0.480. The number of carbonyl (C=O) groups excluding carboxylic acids is 1. The van der Waals surface area contributed by atoms with Crippen molar-refractivity contribution < 1.29 is 9.53 Å². The number of esters is 1. The second-order valence-corrected chi connectivity index (χ2v) is 5.80. The molecule has 1 aliphatic rings. The topological polar surface area (TPSA) is 26.3 Å². The van der Waals surface area contributed by atoms with Gasteiger partial charge in [0.2, 0.25) is 0 Å². The maximum atomic E-state index is 11.8. The summed E-state index contributed by atoms with van der Waals surface area (Å²) in [6, 6.07) is 1.77. The van der Waals surface area contributed by atoms with E-state index in [0.29, 0.717) is 10.8 Å². The van der Waals surface area contributed by atoms with Crippen LogP contribution in [-0.4, -0.2) is 12.1 Å². The van der Waals surface area contributed by atoms with E-state index in [9.17, 15) is 4.79 Å². The van der Waals surface area contributed by atoms with Crippen molar-refractivity contribution in [2.75, 3.05) is 0 Å². The Labute approximate surface area is 105 Å². The van der Waals surface area contributed by atoms with E-state index in [2.05, 4.69) is 19.6 Å². The van der Waals surface area contributed by atoms with Crippen molar-refractivity contribution >= 4 is 29.9 Å². The summed E-state index contributed by atoms with van der Waals surface area (Å²) in [6.45, 7) is 2.16. The van der Waals surface area contributed by atoms with Gasteiger partial charge in [0, 0.05) is 10.3 Å². The van der Waals surface area contributed by atoms with Crippen LogP contribution in [-0.2, 0) is 4.74 Å². The standard InChI is InChI=1S/C12H16O2S2/c1-8-4-2-3-5-10(8)14-12(13)11-6-9(15)7-16-11/h6-8,10,15H,2-5H2,1H3. The number of hydrogen-bond donors (Lipinski definition) is 1. The molecule has 1 aromatic rings. The average molecular weight is 256 g/mol. The zero-order chi connectivity index (χ0) is 11.5. The summed E-state index contributed by atoms with van der Waals surface area (Å²) < 4.78 is 5.54. The van der Waals surface area contributed by atoms with Gasteiger partial charge in [-0.3, -0.25) is 0 Å². The number of hydrogen-bond acceptors (Lipinski definition) is 4. The summed E-state index contributed by atoms with van der Waals surface area (Å²) in [6.07, 6.45) is 4.71. The molecule has 1 saturated carbocycles. The Morgan fingerprint density at radius 3 is 2.88 bits per heavy atom. The summed E-state index contributed by atoms with van der Waals surface area (Å²) >= 11 is 5.58. The first-order valence-corrected chi connectivity index (χ1v) is 6.98. The van der Waals surface area contributed by atoms with Crippen LogP contribution in [0.2, 0.25) is 0 Å². The second kappa shape index (κ2) is 5.23. The Morgan fingerprint density at radius 2 is 2.25 bits per heavy atom. The van der Waals surface area contributed by atoms with Gasteiger partial charge in [0.05, 0.1) is 0 Å². The van der Waals surface area contributed by atoms with E-state index in [-0.39, 0.29) is 12.1 Å². The molecule has 1 aromatic heterocycles. The molecular formula is C12H16O2S2. The fourth-order valence-corrected chi connectivity index (χ4v) is 3.12. The molecule has 0 aromatic carbocycles. The molecule has 0 saturated heterocycles. The lowest BCUT2D eigenvalue weighted by molar-refractivity contribution is 0.00532. The first kappa shape index (κ1) is 12.0. The molecule has 2 rings (SSSR count). The highest BCUT2D eigenvalue weighted by Crippen LogP contribution is 2.28. The Bertz CT molecular complexity index is 373. The Balaban J connectivity index is 1.96. The van der Waals surface area contributed by atoms with Gasteiger partial charge in [-0.25, -0.2) is 4.79 Å². The van der Waals surface area contributed by atoms with Crippen molar-refractivity contribution in [2.45, 2.75) is 43.6 Å². The van der Waals surface area contributed by atoms with Gasteiger partial charge in [0.15, 0.2) is 0 Å². The third-order valence-electron chi connectivity index (χ3n) is 3.08. The van der Waals surface area contributed by atoms with Gasteiger partial charge in [0.1, 0.15) is 11.0 Å².